The van der Waals surface area contributed by atoms with Crippen molar-refractivity contribution in [3.05, 3.63) is 64.3 Å². The van der Waals surface area contributed by atoms with Crippen molar-refractivity contribution in [2.75, 3.05) is 0 Å². The van der Waals surface area contributed by atoms with Crippen molar-refractivity contribution in [2.24, 2.45) is 11.8 Å². The van der Waals surface area contributed by atoms with Crippen LogP contribution in [0, 0.1) is 11.8 Å². The van der Waals surface area contributed by atoms with Crippen LogP contribution in [0.3, 0.4) is 0 Å². The third kappa shape index (κ3) is 2.68. The van der Waals surface area contributed by atoms with E-state index in [-0.39, 0.29) is 5.41 Å². The zero-order valence-corrected chi connectivity index (χ0v) is 18.2. The predicted octanol–water partition coefficient (Wildman–Crippen LogP) is 7.39. The van der Waals surface area contributed by atoms with Crippen LogP contribution in [0.2, 0.25) is 0 Å². The van der Waals surface area contributed by atoms with Gasteiger partial charge in [0, 0.05) is 3.92 Å². The Labute approximate surface area is 172 Å². The number of alkyl halides is 1. The average Bonchev–Trinajstić information content (AvgIpc) is 2.89. The number of allylic oxidation sites excluding steroid dienone is 6. The smallest absolute Gasteiger partial charge is 0.0150 e. The molecule has 0 saturated heterocycles. The highest BCUT2D eigenvalue weighted by atomic mass is 127. The molecule has 3 atom stereocenters. The van der Waals surface area contributed by atoms with E-state index in [0.717, 1.165) is 9.84 Å². The van der Waals surface area contributed by atoms with Gasteiger partial charge in [-0.15, -0.1) is 0 Å². The van der Waals surface area contributed by atoms with Crippen molar-refractivity contribution >= 4 is 28.2 Å². The van der Waals surface area contributed by atoms with Crippen molar-refractivity contribution in [1.82, 2.24) is 0 Å². The summed E-state index contributed by atoms with van der Waals surface area (Å²) in [5, 5.41) is 0. The number of hydrogen-bond acceptors (Lipinski definition) is 0. The van der Waals surface area contributed by atoms with E-state index >= 15 is 0 Å². The lowest BCUT2D eigenvalue weighted by molar-refractivity contribution is 0.380. The topological polar surface area (TPSA) is 0 Å². The molecule has 0 heterocycles. The second-order valence-corrected chi connectivity index (χ2v) is 11.1. The summed E-state index contributed by atoms with van der Waals surface area (Å²) < 4.78 is 0.889. The largest absolute Gasteiger partial charge is 0.0823 e. The lowest BCUT2D eigenvalue weighted by atomic mass is 9.68. The van der Waals surface area contributed by atoms with Crippen LogP contribution in [0.1, 0.15) is 69.9 Å². The van der Waals surface area contributed by atoms with Crippen molar-refractivity contribution < 1.29 is 0 Å². The van der Waals surface area contributed by atoms with Gasteiger partial charge in [-0.2, -0.15) is 0 Å². The highest BCUT2D eigenvalue weighted by molar-refractivity contribution is 14.1. The Morgan fingerprint density at radius 3 is 2.58 bits per heavy atom. The summed E-state index contributed by atoms with van der Waals surface area (Å²) in [7, 11) is 0. The lowest BCUT2D eigenvalue weighted by Gasteiger charge is -2.37. The Bertz CT molecular complexity index is 835. The fourth-order valence-electron chi connectivity index (χ4n) is 6.05. The normalized spacial score (nSPS) is 32.3. The van der Waals surface area contributed by atoms with E-state index in [2.05, 4.69) is 72.9 Å². The maximum atomic E-state index is 2.66. The molecular weight excluding hydrogens is 427 g/mol. The van der Waals surface area contributed by atoms with E-state index in [1.807, 2.05) is 11.1 Å². The minimum absolute atomic E-state index is 0.264. The number of benzene rings is 1. The fourth-order valence-corrected chi connectivity index (χ4v) is 6.89. The monoisotopic (exact) mass is 456 g/mol. The highest BCUT2D eigenvalue weighted by Crippen LogP contribution is 2.55. The van der Waals surface area contributed by atoms with Gasteiger partial charge in [0.15, 0.2) is 0 Å². The Hall–Kier alpha value is -0.830. The minimum Gasteiger partial charge on any atom is -0.0823 e. The molecule has 0 bridgehead atoms. The van der Waals surface area contributed by atoms with E-state index in [0.29, 0.717) is 5.92 Å². The predicted molar refractivity (Wildman–Crippen MR) is 120 cm³/mol. The van der Waals surface area contributed by atoms with Gasteiger partial charge in [0.1, 0.15) is 0 Å². The molecule has 0 nitrogen and oxygen atoms in total. The molecule has 0 N–H and O–H groups in total. The Morgan fingerprint density at radius 1 is 0.923 bits per heavy atom. The molecule has 136 valence electrons. The summed E-state index contributed by atoms with van der Waals surface area (Å²) >= 11 is 2.66. The van der Waals surface area contributed by atoms with Gasteiger partial charge in [0.25, 0.3) is 0 Å². The number of rotatable bonds is 1. The van der Waals surface area contributed by atoms with Gasteiger partial charge >= 0.3 is 0 Å². The van der Waals surface area contributed by atoms with Crippen LogP contribution in [-0.2, 0) is 5.41 Å². The quantitative estimate of drug-likeness (QED) is 0.235. The van der Waals surface area contributed by atoms with Gasteiger partial charge < -0.3 is 0 Å². The first kappa shape index (κ1) is 17.3. The summed E-state index contributed by atoms with van der Waals surface area (Å²) in [6.45, 7) is 4.92. The number of halogens is 1. The van der Waals surface area contributed by atoms with Gasteiger partial charge in [-0.1, -0.05) is 89.6 Å². The Kier molecular flexibility index (Phi) is 4.23. The van der Waals surface area contributed by atoms with Crippen LogP contribution in [-0.4, -0.2) is 3.92 Å². The standard InChI is InChI=1S/C25H29I/c1-25(2)23-6-4-3-5-21(23)22-12-10-19(15-24(22)25)16-7-8-18-14-20(26)11-9-17(18)13-16/h3-6,10,12,16,20,24H,7-9,11,13-15H2,1-2H3/t16-,20-,24?/m0/s1. The molecule has 5 rings (SSSR count). The summed E-state index contributed by atoms with van der Waals surface area (Å²) in [4.78, 5) is 0. The average molecular weight is 456 g/mol. The molecule has 0 aliphatic heterocycles. The second kappa shape index (κ2) is 6.36. The molecule has 0 spiro atoms. The van der Waals surface area contributed by atoms with Crippen molar-refractivity contribution in [1.29, 1.82) is 0 Å². The first-order chi connectivity index (χ1) is 12.5. The highest BCUT2D eigenvalue weighted by Gasteiger charge is 2.44. The molecule has 4 aliphatic carbocycles. The van der Waals surface area contributed by atoms with Gasteiger partial charge in [-0.05, 0) is 78.9 Å². The Balaban J connectivity index is 1.43. The van der Waals surface area contributed by atoms with Gasteiger partial charge in [0.05, 0.1) is 0 Å². The maximum Gasteiger partial charge on any atom is 0.0150 e. The zero-order valence-electron chi connectivity index (χ0n) is 16.0. The molecule has 1 heteroatoms. The minimum atomic E-state index is 0.264. The summed E-state index contributed by atoms with van der Waals surface area (Å²) in [6.07, 6.45) is 14.5. The molecule has 1 aromatic carbocycles. The molecule has 0 aromatic heterocycles. The van der Waals surface area contributed by atoms with E-state index in [9.17, 15) is 0 Å². The van der Waals surface area contributed by atoms with Crippen molar-refractivity contribution in [3.8, 4) is 0 Å². The van der Waals surface area contributed by atoms with E-state index < -0.39 is 0 Å². The molecule has 1 unspecified atom stereocenters. The first-order valence-electron chi connectivity index (χ1n) is 10.4. The molecule has 4 aliphatic rings. The fraction of sp³-hybridized carbons (Fsp3) is 0.520. The molecule has 0 fully saturated rings. The van der Waals surface area contributed by atoms with Crippen LogP contribution in [0.4, 0.5) is 0 Å². The molecular formula is C25H29I. The van der Waals surface area contributed by atoms with Gasteiger partial charge in [-0.3, -0.25) is 0 Å². The van der Waals surface area contributed by atoms with Crippen LogP contribution in [0.25, 0.3) is 5.57 Å². The van der Waals surface area contributed by atoms with Gasteiger partial charge in [0.2, 0.25) is 0 Å². The summed E-state index contributed by atoms with van der Waals surface area (Å²) in [6, 6.07) is 9.11. The molecule has 26 heavy (non-hydrogen) atoms. The van der Waals surface area contributed by atoms with Crippen LogP contribution in [0.5, 0.6) is 0 Å². The second-order valence-electron chi connectivity index (χ2n) is 9.37. The molecule has 1 aromatic rings. The third-order valence-corrected chi connectivity index (χ3v) is 8.70. The van der Waals surface area contributed by atoms with E-state index in [1.165, 1.54) is 50.5 Å². The van der Waals surface area contributed by atoms with Crippen LogP contribution < -0.4 is 0 Å². The maximum absolute atomic E-state index is 2.66. The zero-order chi connectivity index (χ0) is 17.9. The van der Waals surface area contributed by atoms with Crippen molar-refractivity contribution in [3.63, 3.8) is 0 Å². The number of fused-ring (bicyclic) bond motifs is 3. The molecule has 0 amide bonds. The number of hydrogen-bond donors (Lipinski definition) is 0. The Morgan fingerprint density at radius 2 is 1.69 bits per heavy atom. The molecule has 0 radical (unpaired) electrons. The van der Waals surface area contributed by atoms with Crippen LogP contribution in [0.15, 0.2) is 53.1 Å². The summed E-state index contributed by atoms with van der Waals surface area (Å²) in [5.41, 5.74) is 10.3. The first-order valence-corrected chi connectivity index (χ1v) is 11.6. The van der Waals surface area contributed by atoms with E-state index in [4.69, 9.17) is 0 Å². The third-order valence-electron chi connectivity index (χ3n) is 7.63. The van der Waals surface area contributed by atoms with E-state index in [1.54, 1.807) is 16.7 Å². The SMILES string of the molecule is CC1(C)c2ccccc2C2=CC=C([C@H]3CCC4=C(CC[C@H](I)C4)C3)CC21. The molecule has 0 saturated carbocycles. The van der Waals surface area contributed by atoms with Gasteiger partial charge in [-0.25, -0.2) is 0 Å². The summed E-state index contributed by atoms with van der Waals surface area (Å²) in [5.74, 6) is 1.47. The van der Waals surface area contributed by atoms with Crippen LogP contribution >= 0.6 is 22.6 Å². The lowest BCUT2D eigenvalue weighted by Crippen LogP contribution is -2.27. The van der Waals surface area contributed by atoms with Crippen molar-refractivity contribution in [2.45, 2.75) is 68.1 Å².